The molecule has 0 radical (unpaired) electrons. The largest absolute Gasteiger partial charge is 0.385 e. The third-order valence-electron chi connectivity index (χ3n) is 4.24. The zero-order chi connectivity index (χ0) is 22.3. The lowest BCUT2D eigenvalue weighted by atomic mass is 10.2. The Hall–Kier alpha value is -2.04. The highest BCUT2D eigenvalue weighted by atomic mass is 79.9. The van der Waals surface area contributed by atoms with Gasteiger partial charge in [0.25, 0.3) is 5.56 Å². The van der Waals surface area contributed by atoms with E-state index >= 15 is 0 Å². The molecule has 0 spiro atoms. The molecule has 0 aliphatic rings. The van der Waals surface area contributed by atoms with Gasteiger partial charge in [0.15, 0.2) is 5.69 Å². The number of nitrogens with two attached hydrogens (primary N) is 1. The zero-order valence-electron chi connectivity index (χ0n) is 17.3. The minimum Gasteiger partial charge on any atom is -0.385 e. The smallest absolute Gasteiger partial charge is 0.330 e. The number of anilines is 2. The Balaban J connectivity index is 2.35. The van der Waals surface area contributed by atoms with Gasteiger partial charge < -0.3 is 15.4 Å². The third-order valence-corrected chi connectivity index (χ3v) is 5.76. The van der Waals surface area contributed by atoms with Gasteiger partial charge in [0, 0.05) is 36.2 Å². The summed E-state index contributed by atoms with van der Waals surface area (Å²) in [7, 11) is 1.57. The Morgan fingerprint density at radius 2 is 1.97 bits per heavy atom. The van der Waals surface area contributed by atoms with Gasteiger partial charge in [0.2, 0.25) is 5.91 Å². The Kier molecular flexibility index (Phi) is 9.19. The monoisotopic (exact) mass is 498 g/mol. The molecule has 1 aromatic heterocycles. The zero-order valence-corrected chi connectivity index (χ0v) is 19.7. The van der Waals surface area contributed by atoms with E-state index in [9.17, 15) is 14.4 Å². The average Bonchev–Trinajstić information content (AvgIpc) is 2.69. The van der Waals surface area contributed by atoms with Crippen molar-refractivity contribution in [1.29, 1.82) is 0 Å². The van der Waals surface area contributed by atoms with Crippen LogP contribution in [0.4, 0.5) is 11.5 Å². The maximum atomic E-state index is 13.1. The summed E-state index contributed by atoms with van der Waals surface area (Å²) in [5.74, 6) is -0.0197. The molecule has 0 aliphatic heterocycles. The van der Waals surface area contributed by atoms with Crippen molar-refractivity contribution in [1.82, 2.24) is 9.55 Å². The molecule has 0 atom stereocenters. The van der Waals surface area contributed by atoms with Crippen LogP contribution in [-0.2, 0) is 16.1 Å². The Morgan fingerprint density at radius 3 is 2.57 bits per heavy atom. The third kappa shape index (κ3) is 6.48. The second-order valence-electron chi connectivity index (χ2n) is 7.13. The summed E-state index contributed by atoms with van der Waals surface area (Å²) in [4.78, 5) is 42.5. The van der Waals surface area contributed by atoms with Crippen molar-refractivity contribution < 1.29 is 9.53 Å². The summed E-state index contributed by atoms with van der Waals surface area (Å²) in [5.41, 5.74) is 4.96. The van der Waals surface area contributed by atoms with Crippen LogP contribution in [0.15, 0.2) is 43.2 Å². The van der Waals surface area contributed by atoms with E-state index < -0.39 is 11.2 Å². The van der Waals surface area contributed by atoms with Crippen LogP contribution in [0.3, 0.4) is 0 Å². The van der Waals surface area contributed by atoms with Crippen molar-refractivity contribution in [3.8, 4) is 0 Å². The number of ether oxygens (including phenoxy) is 1. The van der Waals surface area contributed by atoms with E-state index in [4.69, 9.17) is 10.5 Å². The number of nitrogens with zero attached hydrogens (tertiary/aromatic N) is 2. The number of hydrogen-bond donors (Lipinski definition) is 2. The van der Waals surface area contributed by atoms with Crippen molar-refractivity contribution in [3.05, 3.63) is 49.6 Å². The molecular formula is C20H27BrN4O4S. The van der Waals surface area contributed by atoms with Crippen LogP contribution in [0, 0.1) is 5.92 Å². The van der Waals surface area contributed by atoms with E-state index in [-0.39, 0.29) is 35.6 Å². The quantitative estimate of drug-likeness (QED) is 0.384. The minimum absolute atomic E-state index is 0.00291. The van der Waals surface area contributed by atoms with Gasteiger partial charge in [-0.2, -0.15) is 0 Å². The predicted octanol–water partition coefficient (Wildman–Crippen LogP) is 2.70. The lowest BCUT2D eigenvalue weighted by Crippen LogP contribution is -2.42. The van der Waals surface area contributed by atoms with Crippen LogP contribution in [0.2, 0.25) is 0 Å². The number of carbonyl (C=O) groups excluding carboxylic acids is 1. The highest BCUT2D eigenvalue weighted by molar-refractivity contribution is 9.10. The standard InChI is InChI=1S/C20H27BrN4O4S/c1-13(2)11-25-18(22)17(19(27)23-20(25)28)24(9-4-10-29-3)16(26)12-30-15-7-5-14(21)6-8-15/h5-8,13H,4,9-12,22H2,1-3H3,(H,23,27,28). The number of hydrogen-bond acceptors (Lipinski definition) is 6. The molecule has 0 aliphatic carbocycles. The average molecular weight is 499 g/mol. The van der Waals surface area contributed by atoms with E-state index in [1.165, 1.54) is 21.2 Å². The second kappa shape index (κ2) is 11.4. The first-order valence-electron chi connectivity index (χ1n) is 9.54. The first-order valence-corrected chi connectivity index (χ1v) is 11.3. The molecule has 0 saturated heterocycles. The molecule has 2 aromatic rings. The van der Waals surface area contributed by atoms with Crippen LogP contribution < -0.4 is 21.9 Å². The first kappa shape index (κ1) is 24.2. The van der Waals surface area contributed by atoms with E-state index in [0.29, 0.717) is 19.6 Å². The summed E-state index contributed by atoms with van der Waals surface area (Å²) < 4.78 is 7.34. The number of nitrogen functional groups attached to an aromatic ring is 1. The fourth-order valence-electron chi connectivity index (χ4n) is 2.87. The molecule has 0 fully saturated rings. The number of amides is 1. The van der Waals surface area contributed by atoms with Crippen molar-refractivity contribution in [2.45, 2.75) is 31.7 Å². The minimum atomic E-state index is -0.670. The fourth-order valence-corrected chi connectivity index (χ4v) is 3.91. The predicted molar refractivity (Wildman–Crippen MR) is 124 cm³/mol. The number of benzene rings is 1. The Labute approximate surface area is 187 Å². The first-order chi connectivity index (χ1) is 14.2. The lowest BCUT2D eigenvalue weighted by Gasteiger charge is -2.25. The molecule has 0 bridgehead atoms. The molecular weight excluding hydrogens is 472 g/mol. The van der Waals surface area contributed by atoms with Crippen molar-refractivity contribution >= 4 is 45.1 Å². The van der Waals surface area contributed by atoms with Crippen LogP contribution in [0.25, 0.3) is 0 Å². The van der Waals surface area contributed by atoms with E-state index in [2.05, 4.69) is 20.9 Å². The number of H-pyrrole nitrogens is 1. The highest BCUT2D eigenvalue weighted by Crippen LogP contribution is 2.23. The van der Waals surface area contributed by atoms with Crippen LogP contribution in [0.1, 0.15) is 20.3 Å². The van der Waals surface area contributed by atoms with Crippen molar-refractivity contribution in [2.24, 2.45) is 5.92 Å². The molecule has 8 nitrogen and oxygen atoms in total. The number of thioether (sulfide) groups is 1. The molecule has 0 saturated carbocycles. The van der Waals surface area contributed by atoms with Crippen molar-refractivity contribution in [2.75, 3.05) is 36.6 Å². The van der Waals surface area contributed by atoms with Gasteiger partial charge >= 0.3 is 5.69 Å². The van der Waals surface area contributed by atoms with Gasteiger partial charge in [0.05, 0.1) is 5.75 Å². The summed E-state index contributed by atoms with van der Waals surface area (Å²) in [6.07, 6.45) is 0.521. The molecule has 1 aromatic carbocycles. The van der Waals surface area contributed by atoms with Gasteiger partial charge in [-0.15, -0.1) is 11.8 Å². The highest BCUT2D eigenvalue weighted by Gasteiger charge is 2.24. The Bertz CT molecular complexity index is 972. The topological polar surface area (TPSA) is 110 Å². The van der Waals surface area contributed by atoms with E-state index in [1.807, 2.05) is 38.1 Å². The number of rotatable bonds is 10. The van der Waals surface area contributed by atoms with Crippen LogP contribution in [0.5, 0.6) is 0 Å². The second-order valence-corrected chi connectivity index (χ2v) is 9.10. The van der Waals surface area contributed by atoms with Gasteiger partial charge in [-0.1, -0.05) is 29.8 Å². The summed E-state index contributed by atoms with van der Waals surface area (Å²) in [6.45, 7) is 4.88. The lowest BCUT2D eigenvalue weighted by molar-refractivity contribution is -0.116. The summed E-state index contributed by atoms with van der Waals surface area (Å²) >= 11 is 4.75. The molecule has 3 N–H and O–H groups in total. The van der Waals surface area contributed by atoms with Crippen LogP contribution in [-0.4, -0.2) is 41.5 Å². The van der Waals surface area contributed by atoms with Gasteiger partial charge in [-0.3, -0.25) is 19.1 Å². The SMILES string of the molecule is COCCCN(C(=O)CSc1ccc(Br)cc1)c1c(N)n(CC(C)C)c(=O)[nH]c1=O. The maximum Gasteiger partial charge on any atom is 0.330 e. The number of halogens is 1. The number of carbonyl (C=O) groups is 1. The fraction of sp³-hybridized carbons (Fsp3) is 0.450. The number of nitrogens with one attached hydrogen (secondary N) is 1. The molecule has 30 heavy (non-hydrogen) atoms. The molecule has 1 amide bonds. The van der Waals surface area contributed by atoms with Gasteiger partial charge in [-0.25, -0.2) is 4.79 Å². The number of aromatic amines is 1. The van der Waals surface area contributed by atoms with Gasteiger partial charge in [0.1, 0.15) is 5.82 Å². The molecule has 0 unspecified atom stereocenters. The van der Waals surface area contributed by atoms with Crippen molar-refractivity contribution in [3.63, 3.8) is 0 Å². The summed E-state index contributed by atoms with van der Waals surface area (Å²) in [5, 5.41) is 0. The summed E-state index contributed by atoms with van der Waals surface area (Å²) in [6, 6.07) is 7.60. The molecule has 1 heterocycles. The van der Waals surface area contributed by atoms with Gasteiger partial charge in [-0.05, 0) is 36.6 Å². The number of methoxy groups -OCH3 is 1. The van der Waals surface area contributed by atoms with Crippen LogP contribution >= 0.6 is 27.7 Å². The molecule has 10 heteroatoms. The molecule has 2 rings (SSSR count). The molecule has 164 valence electrons. The van der Waals surface area contributed by atoms with E-state index in [1.54, 1.807) is 7.11 Å². The maximum absolute atomic E-state index is 13.1. The normalized spacial score (nSPS) is 11.1. The van der Waals surface area contributed by atoms with E-state index in [0.717, 1.165) is 9.37 Å². The Morgan fingerprint density at radius 1 is 1.30 bits per heavy atom. The number of aromatic nitrogens is 2.